The second-order valence-corrected chi connectivity index (χ2v) is 1.69. The Morgan fingerprint density at radius 3 is 2.80 bits per heavy atom. The van der Waals surface area contributed by atoms with E-state index in [1.54, 1.807) is 12.2 Å². The van der Waals surface area contributed by atoms with E-state index in [9.17, 15) is 4.79 Å². The van der Waals surface area contributed by atoms with Gasteiger partial charge in [0, 0.05) is 0 Å². The Morgan fingerprint density at radius 2 is 2.30 bits per heavy atom. The van der Waals surface area contributed by atoms with E-state index in [1.165, 1.54) is 0 Å². The molecular weight excluding hydrogens is 130 g/mol. The van der Waals surface area contributed by atoms with Gasteiger partial charge < -0.3 is 4.84 Å². The summed E-state index contributed by atoms with van der Waals surface area (Å²) in [6.45, 7) is 3.51. The number of hydrogen-bond donors (Lipinski definition) is 1. The van der Waals surface area contributed by atoms with E-state index < -0.39 is 5.97 Å². The summed E-state index contributed by atoms with van der Waals surface area (Å²) in [6.07, 6.45) is 6.24. The lowest BCUT2D eigenvalue weighted by atomic mass is 10.3. The van der Waals surface area contributed by atoms with Crippen LogP contribution < -0.4 is 5.90 Å². The summed E-state index contributed by atoms with van der Waals surface area (Å²) in [4.78, 5) is 14.3. The molecule has 0 aliphatic rings. The van der Waals surface area contributed by atoms with Crippen molar-refractivity contribution in [3.05, 3.63) is 24.8 Å². The average Bonchev–Trinajstić information content (AvgIpc) is 1.98. The summed E-state index contributed by atoms with van der Waals surface area (Å²) >= 11 is 0. The van der Waals surface area contributed by atoms with Gasteiger partial charge in [-0.3, -0.25) is 4.79 Å². The molecule has 0 aliphatic heterocycles. The van der Waals surface area contributed by atoms with Crippen LogP contribution in [0, 0.1) is 0 Å². The molecule has 0 aromatic carbocycles. The summed E-state index contributed by atoms with van der Waals surface area (Å²) in [7, 11) is 0. The summed E-state index contributed by atoms with van der Waals surface area (Å²) in [5, 5.41) is 0. The van der Waals surface area contributed by atoms with Gasteiger partial charge in [0.2, 0.25) is 0 Å². The number of nitrogens with two attached hydrogens (primary N) is 1. The molecular formula is C7H11NO2. The number of carbonyl (C=O) groups excluding carboxylic acids is 1. The molecule has 0 amide bonds. The molecule has 0 radical (unpaired) electrons. The third-order valence-corrected chi connectivity index (χ3v) is 0.885. The van der Waals surface area contributed by atoms with E-state index >= 15 is 0 Å². The van der Waals surface area contributed by atoms with Gasteiger partial charge in [0.1, 0.15) is 0 Å². The third-order valence-electron chi connectivity index (χ3n) is 0.885. The number of carbonyl (C=O) groups is 1. The van der Waals surface area contributed by atoms with Crippen molar-refractivity contribution in [3.8, 4) is 0 Å². The van der Waals surface area contributed by atoms with Crippen LogP contribution in [0.2, 0.25) is 0 Å². The third kappa shape index (κ3) is 5.05. The largest absolute Gasteiger partial charge is 0.373 e. The van der Waals surface area contributed by atoms with Crippen molar-refractivity contribution in [1.29, 1.82) is 0 Å². The van der Waals surface area contributed by atoms with Crippen molar-refractivity contribution in [2.45, 2.75) is 12.8 Å². The maximum Gasteiger partial charge on any atom is 0.328 e. The molecule has 0 rings (SSSR count). The highest BCUT2D eigenvalue weighted by Gasteiger charge is 1.92. The Labute approximate surface area is 60.1 Å². The van der Waals surface area contributed by atoms with Gasteiger partial charge in [-0.15, -0.1) is 6.58 Å². The van der Waals surface area contributed by atoms with Crippen molar-refractivity contribution < 1.29 is 9.63 Å². The number of allylic oxidation sites excluding steroid dienone is 2. The minimum absolute atomic E-state index is 0.227. The van der Waals surface area contributed by atoms with Crippen LogP contribution in [-0.4, -0.2) is 5.97 Å². The fourth-order valence-corrected chi connectivity index (χ4v) is 0.420. The van der Waals surface area contributed by atoms with Crippen molar-refractivity contribution in [1.82, 2.24) is 0 Å². The van der Waals surface area contributed by atoms with Crippen LogP contribution in [0.1, 0.15) is 12.8 Å². The molecule has 0 aromatic rings. The Balaban J connectivity index is 3.33. The first-order valence-corrected chi connectivity index (χ1v) is 2.96. The van der Waals surface area contributed by atoms with Crippen molar-refractivity contribution in [2.24, 2.45) is 5.90 Å². The van der Waals surface area contributed by atoms with E-state index in [4.69, 9.17) is 0 Å². The van der Waals surface area contributed by atoms with Gasteiger partial charge in [0.05, 0.1) is 6.42 Å². The van der Waals surface area contributed by atoms with Gasteiger partial charge >= 0.3 is 5.97 Å². The summed E-state index contributed by atoms with van der Waals surface area (Å²) in [5.74, 6) is 4.15. The molecule has 0 fully saturated rings. The first kappa shape index (κ1) is 8.91. The Morgan fingerprint density at radius 1 is 1.60 bits per heavy atom. The van der Waals surface area contributed by atoms with Gasteiger partial charge in [0.25, 0.3) is 0 Å². The molecule has 2 N–H and O–H groups in total. The quantitative estimate of drug-likeness (QED) is 0.468. The van der Waals surface area contributed by atoms with Gasteiger partial charge in [0.15, 0.2) is 0 Å². The monoisotopic (exact) mass is 141 g/mol. The Hall–Kier alpha value is -1.09. The lowest BCUT2D eigenvalue weighted by molar-refractivity contribution is -0.143. The highest BCUT2D eigenvalue weighted by atomic mass is 16.7. The van der Waals surface area contributed by atoms with E-state index in [0.29, 0.717) is 0 Å². The summed E-state index contributed by atoms with van der Waals surface area (Å²) in [6, 6.07) is 0. The van der Waals surface area contributed by atoms with Crippen LogP contribution in [-0.2, 0) is 9.63 Å². The van der Waals surface area contributed by atoms with Gasteiger partial charge in [-0.1, -0.05) is 18.2 Å². The molecule has 3 heteroatoms. The maximum atomic E-state index is 10.4. The summed E-state index contributed by atoms with van der Waals surface area (Å²) in [5.41, 5.74) is 0. The maximum absolute atomic E-state index is 10.4. The fraction of sp³-hybridized carbons (Fsp3) is 0.286. The van der Waals surface area contributed by atoms with Crippen LogP contribution in [0.25, 0.3) is 0 Å². The predicted octanol–water partition coefficient (Wildman–Crippen LogP) is 0.926. The zero-order chi connectivity index (χ0) is 7.82. The van der Waals surface area contributed by atoms with Crippen LogP contribution in [0.4, 0.5) is 0 Å². The second-order valence-electron chi connectivity index (χ2n) is 1.69. The zero-order valence-corrected chi connectivity index (χ0v) is 5.75. The molecule has 0 saturated heterocycles. The smallest absolute Gasteiger partial charge is 0.328 e. The Kier molecular flexibility index (Phi) is 5.38. The SMILES string of the molecule is C=CCC=CCC(=O)ON. The molecule has 0 saturated carbocycles. The molecule has 3 nitrogen and oxygen atoms in total. The predicted molar refractivity (Wildman–Crippen MR) is 38.9 cm³/mol. The van der Waals surface area contributed by atoms with Crippen LogP contribution in [0.5, 0.6) is 0 Å². The van der Waals surface area contributed by atoms with Gasteiger partial charge in [-0.25, -0.2) is 0 Å². The second kappa shape index (κ2) is 6.04. The van der Waals surface area contributed by atoms with Crippen LogP contribution in [0.3, 0.4) is 0 Å². The van der Waals surface area contributed by atoms with E-state index in [0.717, 1.165) is 6.42 Å². The topological polar surface area (TPSA) is 52.3 Å². The number of rotatable bonds is 4. The van der Waals surface area contributed by atoms with E-state index in [1.807, 2.05) is 6.08 Å². The zero-order valence-electron chi connectivity index (χ0n) is 5.75. The first-order valence-electron chi connectivity index (χ1n) is 2.96. The standard InChI is InChI=1S/C7H11NO2/c1-2-3-4-5-6-7(9)10-8/h2,4-5H,1,3,6,8H2. The highest BCUT2D eigenvalue weighted by molar-refractivity contribution is 5.70. The first-order chi connectivity index (χ1) is 4.81. The molecule has 0 aromatic heterocycles. The highest BCUT2D eigenvalue weighted by Crippen LogP contribution is 1.88. The minimum atomic E-state index is -0.430. The molecule has 56 valence electrons. The Bertz CT molecular complexity index is 141. The lowest BCUT2D eigenvalue weighted by Gasteiger charge is -1.89. The fourth-order valence-electron chi connectivity index (χ4n) is 0.420. The molecule has 0 unspecified atom stereocenters. The van der Waals surface area contributed by atoms with Crippen molar-refractivity contribution >= 4 is 5.97 Å². The molecule has 0 heterocycles. The van der Waals surface area contributed by atoms with Gasteiger partial charge in [-0.2, -0.15) is 5.90 Å². The molecule has 10 heavy (non-hydrogen) atoms. The van der Waals surface area contributed by atoms with E-state index in [-0.39, 0.29) is 6.42 Å². The van der Waals surface area contributed by atoms with Crippen molar-refractivity contribution in [3.63, 3.8) is 0 Å². The number of hydrogen-bond acceptors (Lipinski definition) is 3. The molecule has 0 aliphatic carbocycles. The molecule has 0 atom stereocenters. The van der Waals surface area contributed by atoms with Crippen LogP contribution in [0.15, 0.2) is 24.8 Å². The van der Waals surface area contributed by atoms with E-state index in [2.05, 4.69) is 17.3 Å². The van der Waals surface area contributed by atoms with Crippen LogP contribution >= 0.6 is 0 Å². The lowest BCUT2D eigenvalue weighted by Crippen LogP contribution is -2.07. The van der Waals surface area contributed by atoms with Gasteiger partial charge in [-0.05, 0) is 6.42 Å². The minimum Gasteiger partial charge on any atom is -0.373 e. The molecule has 0 bridgehead atoms. The normalized spacial score (nSPS) is 9.70. The van der Waals surface area contributed by atoms with Crippen molar-refractivity contribution in [2.75, 3.05) is 0 Å². The summed E-state index contributed by atoms with van der Waals surface area (Å²) < 4.78 is 0. The average molecular weight is 141 g/mol. The molecule has 0 spiro atoms.